The Labute approximate surface area is 157 Å². The van der Waals surface area contributed by atoms with Crippen molar-refractivity contribution in [2.45, 2.75) is 110 Å². The summed E-state index contributed by atoms with van der Waals surface area (Å²) in [6.45, 7) is 4.32. The molecule has 0 aliphatic carbocycles. The molecule has 0 bridgehead atoms. The molecule has 0 saturated heterocycles. The second-order valence-electron chi connectivity index (χ2n) is 6.70. The molecule has 25 heavy (non-hydrogen) atoms. The first-order valence-corrected chi connectivity index (χ1v) is 12.1. The summed E-state index contributed by atoms with van der Waals surface area (Å²) in [5, 5.41) is 0. The smallest absolute Gasteiger partial charge is 0.184 e. The van der Waals surface area contributed by atoms with E-state index in [-0.39, 0.29) is 9.73 Å². The van der Waals surface area contributed by atoms with Gasteiger partial charge >= 0.3 is 0 Å². The zero-order valence-corrected chi connectivity index (χ0v) is 17.7. The van der Waals surface area contributed by atoms with E-state index in [1.54, 1.807) is 0 Å². The van der Waals surface area contributed by atoms with Crippen molar-refractivity contribution in [2.75, 3.05) is 0 Å². The topological polar surface area (TPSA) is 68.3 Å². The Morgan fingerprint density at radius 3 is 1.04 bits per heavy atom. The third kappa shape index (κ3) is 13.3. The molecule has 0 rings (SSSR count). The van der Waals surface area contributed by atoms with Crippen LogP contribution < -0.4 is 0 Å². The van der Waals surface area contributed by atoms with Crippen molar-refractivity contribution in [2.24, 2.45) is 0 Å². The number of hydrogen-bond acceptors (Lipinski definition) is 4. The van der Waals surface area contributed by atoms with Gasteiger partial charge in [0.25, 0.3) is 0 Å². The minimum atomic E-state index is -2.44. The molecule has 0 saturated carbocycles. The summed E-state index contributed by atoms with van der Waals surface area (Å²) in [5.41, 5.74) is 0. The normalized spacial score (nSPS) is 10.6. The lowest BCUT2D eigenvalue weighted by atomic mass is 10.0. The van der Waals surface area contributed by atoms with Crippen LogP contribution in [0.25, 0.3) is 0 Å². The zero-order chi connectivity index (χ0) is 18.9. The van der Waals surface area contributed by atoms with Crippen molar-refractivity contribution in [1.82, 2.24) is 0 Å². The Bertz CT molecular complexity index is 585. The van der Waals surface area contributed by atoms with Gasteiger partial charge in [0, 0.05) is 0 Å². The van der Waals surface area contributed by atoms with Gasteiger partial charge in [-0.15, -0.1) is 0 Å². The van der Waals surface area contributed by atoms with Crippen LogP contribution in [-0.2, 0) is 20.6 Å². The number of unbranched alkanes of at least 4 members (excludes halogenated alkanes) is 11. The van der Waals surface area contributed by atoms with E-state index in [4.69, 9.17) is 0 Å². The standard InChI is InChI=1S/C19H36O4S2/c1-3-5-7-9-10-11-13-15-17-19(25(22)23)18(24(20)21)16-14-12-8-6-4-2/h3-17H2,1-2H3. The van der Waals surface area contributed by atoms with Gasteiger partial charge in [-0.05, 0) is 25.7 Å². The minimum Gasteiger partial charge on any atom is -0.184 e. The summed E-state index contributed by atoms with van der Waals surface area (Å²) in [5.74, 6) is 0. The molecule has 148 valence electrons. The van der Waals surface area contributed by atoms with Crippen molar-refractivity contribution < 1.29 is 16.8 Å². The summed E-state index contributed by atoms with van der Waals surface area (Å²) >= 11 is 0. The van der Waals surface area contributed by atoms with Gasteiger partial charge in [-0.3, -0.25) is 0 Å². The van der Waals surface area contributed by atoms with E-state index in [9.17, 15) is 16.8 Å². The monoisotopic (exact) mass is 392 g/mol. The van der Waals surface area contributed by atoms with Gasteiger partial charge in [-0.2, -0.15) is 16.8 Å². The van der Waals surface area contributed by atoms with Gasteiger partial charge < -0.3 is 0 Å². The maximum Gasteiger partial charge on any atom is 0.218 e. The number of rotatable bonds is 16. The van der Waals surface area contributed by atoms with E-state index in [1.165, 1.54) is 32.1 Å². The van der Waals surface area contributed by atoms with Crippen LogP contribution in [0.2, 0.25) is 0 Å². The molecule has 6 heteroatoms. The van der Waals surface area contributed by atoms with Crippen LogP contribution in [0.15, 0.2) is 0 Å². The van der Waals surface area contributed by atoms with Gasteiger partial charge in [-0.1, -0.05) is 84.5 Å². The molecule has 0 fully saturated rings. The molecule has 0 spiro atoms. The second-order valence-corrected chi connectivity index (χ2v) is 8.63. The van der Waals surface area contributed by atoms with E-state index in [0.717, 1.165) is 51.4 Å². The van der Waals surface area contributed by atoms with Crippen molar-refractivity contribution in [3.63, 3.8) is 0 Å². The summed E-state index contributed by atoms with van der Waals surface area (Å²) < 4.78 is 45.9. The van der Waals surface area contributed by atoms with E-state index in [1.807, 2.05) is 0 Å². The van der Waals surface area contributed by atoms with Crippen LogP contribution >= 0.6 is 0 Å². The Kier molecular flexibility index (Phi) is 16.4. The van der Waals surface area contributed by atoms with Gasteiger partial charge in [0.15, 0.2) is 0 Å². The fourth-order valence-corrected chi connectivity index (χ4v) is 4.55. The van der Waals surface area contributed by atoms with Crippen molar-refractivity contribution in [3.05, 3.63) is 0 Å². The van der Waals surface area contributed by atoms with E-state index < -0.39 is 20.6 Å². The quantitative estimate of drug-likeness (QED) is 0.274. The summed E-state index contributed by atoms with van der Waals surface area (Å²) in [4.78, 5) is 0.211. The van der Waals surface area contributed by atoms with Gasteiger partial charge in [-0.25, -0.2) is 0 Å². The fourth-order valence-electron chi connectivity index (χ4n) is 2.94. The first kappa shape index (κ1) is 24.4. The van der Waals surface area contributed by atoms with Crippen molar-refractivity contribution >= 4 is 30.3 Å². The molecule has 0 aromatic rings. The Morgan fingerprint density at radius 1 is 0.480 bits per heavy atom. The highest BCUT2D eigenvalue weighted by molar-refractivity contribution is 7.82. The highest BCUT2D eigenvalue weighted by Gasteiger charge is 2.13. The highest BCUT2D eigenvalue weighted by atomic mass is 32.2. The second kappa shape index (κ2) is 16.8. The summed E-state index contributed by atoms with van der Waals surface area (Å²) in [6, 6.07) is 0. The molecular formula is C19H36O4S2. The SMILES string of the molecule is CCCCCCCCCCC(C(CCCCCCC)=S(=O)=O)=S(=O)=O. The minimum absolute atomic E-state index is 0.104. The lowest BCUT2D eigenvalue weighted by Gasteiger charge is -2.05. The maximum absolute atomic E-state index is 11.5. The molecular weight excluding hydrogens is 356 g/mol. The van der Waals surface area contributed by atoms with E-state index >= 15 is 0 Å². The Balaban J connectivity index is 4.37. The van der Waals surface area contributed by atoms with Gasteiger partial charge in [0.1, 0.15) is 0 Å². The molecule has 0 aliphatic heterocycles. The summed E-state index contributed by atoms with van der Waals surface area (Å²) in [6.07, 6.45) is 14.7. The maximum atomic E-state index is 11.5. The van der Waals surface area contributed by atoms with Crippen molar-refractivity contribution in [1.29, 1.82) is 0 Å². The van der Waals surface area contributed by atoms with Gasteiger partial charge in [0.2, 0.25) is 20.6 Å². The molecule has 0 aromatic carbocycles. The van der Waals surface area contributed by atoms with Crippen LogP contribution in [0.4, 0.5) is 0 Å². The highest BCUT2D eigenvalue weighted by Crippen LogP contribution is 2.12. The van der Waals surface area contributed by atoms with E-state index in [0.29, 0.717) is 12.8 Å². The molecule has 0 heterocycles. The largest absolute Gasteiger partial charge is 0.218 e. The first-order valence-electron chi connectivity index (χ1n) is 9.95. The summed E-state index contributed by atoms with van der Waals surface area (Å²) in [7, 11) is -4.88. The average Bonchev–Trinajstić information content (AvgIpc) is 2.57. The molecule has 4 nitrogen and oxygen atoms in total. The van der Waals surface area contributed by atoms with Gasteiger partial charge in [0.05, 0.1) is 9.73 Å². The Morgan fingerprint density at radius 2 is 0.760 bits per heavy atom. The molecule has 0 amide bonds. The molecule has 0 unspecified atom stereocenters. The lowest BCUT2D eigenvalue weighted by molar-refractivity contribution is 0.580. The van der Waals surface area contributed by atoms with Crippen LogP contribution in [0.3, 0.4) is 0 Å². The number of hydrogen-bond donors (Lipinski definition) is 0. The van der Waals surface area contributed by atoms with Crippen LogP contribution in [0.1, 0.15) is 110 Å². The molecule has 0 N–H and O–H groups in total. The van der Waals surface area contributed by atoms with Crippen molar-refractivity contribution in [3.8, 4) is 0 Å². The van der Waals surface area contributed by atoms with E-state index in [2.05, 4.69) is 13.8 Å². The van der Waals surface area contributed by atoms with Crippen LogP contribution in [0.5, 0.6) is 0 Å². The van der Waals surface area contributed by atoms with Crippen LogP contribution in [-0.4, -0.2) is 26.6 Å². The predicted molar refractivity (Wildman–Crippen MR) is 108 cm³/mol. The predicted octanol–water partition coefficient (Wildman–Crippen LogP) is 4.98. The molecule has 0 atom stereocenters. The molecule has 0 aromatic heterocycles. The van der Waals surface area contributed by atoms with Crippen LogP contribution in [0, 0.1) is 0 Å². The average molecular weight is 393 g/mol. The fraction of sp³-hybridized carbons (Fsp3) is 0.895. The zero-order valence-electron chi connectivity index (χ0n) is 16.1. The first-order chi connectivity index (χ1) is 12.0. The Hall–Kier alpha value is -0.620. The third-order valence-electron chi connectivity index (χ3n) is 4.48. The lowest BCUT2D eigenvalue weighted by Crippen LogP contribution is -2.16. The molecule has 0 radical (unpaired) electrons. The third-order valence-corrected chi connectivity index (χ3v) is 6.31. The molecule has 0 aliphatic rings.